The van der Waals surface area contributed by atoms with Crippen LogP contribution in [0, 0.1) is 17.8 Å². The first-order valence-electron chi connectivity index (χ1n) is 14.1. The lowest BCUT2D eigenvalue weighted by Gasteiger charge is -2.32. The molecule has 0 unspecified atom stereocenters. The van der Waals surface area contributed by atoms with E-state index in [-0.39, 0.29) is 36.1 Å². The molecule has 0 bridgehead atoms. The molecule has 1 fully saturated rings. The van der Waals surface area contributed by atoms with Crippen molar-refractivity contribution in [3.8, 4) is 11.8 Å². The van der Waals surface area contributed by atoms with Crippen LogP contribution in [0.4, 0.5) is 0 Å². The van der Waals surface area contributed by atoms with E-state index < -0.39 is 6.04 Å². The number of nitrogens with one attached hydrogen (secondary N) is 3. The Kier molecular flexibility index (Phi) is 11.8. The van der Waals surface area contributed by atoms with Crippen molar-refractivity contribution in [3.63, 3.8) is 0 Å². The SMILES string of the molecule is CCC(=O)N[C@@H](Cc1nc2ccc(C(C)C)cc2s1)C(=O)N[C@H](CNC(=O)C#CCN(C)C)C1CCCCC1. The number of thiazole rings is 1. The van der Waals surface area contributed by atoms with Crippen LogP contribution in [0.25, 0.3) is 10.2 Å². The molecule has 0 radical (unpaired) electrons. The highest BCUT2D eigenvalue weighted by atomic mass is 32.1. The molecule has 1 heterocycles. The molecule has 2 atom stereocenters. The molecular formula is C30H43N5O3S. The molecule has 1 aromatic heterocycles. The Labute approximate surface area is 236 Å². The van der Waals surface area contributed by atoms with Gasteiger partial charge in [-0.2, -0.15) is 0 Å². The Morgan fingerprint density at radius 3 is 2.54 bits per heavy atom. The van der Waals surface area contributed by atoms with E-state index >= 15 is 0 Å². The number of carbonyl (C=O) groups excluding carboxylic acids is 3. The van der Waals surface area contributed by atoms with Gasteiger partial charge in [0, 0.05) is 25.4 Å². The predicted molar refractivity (Wildman–Crippen MR) is 157 cm³/mol. The molecular weight excluding hydrogens is 510 g/mol. The number of nitrogens with zero attached hydrogens (tertiary/aromatic N) is 2. The Morgan fingerprint density at radius 2 is 1.87 bits per heavy atom. The number of hydrogen-bond acceptors (Lipinski definition) is 6. The van der Waals surface area contributed by atoms with E-state index in [9.17, 15) is 14.4 Å². The first kappa shape index (κ1) is 30.6. The van der Waals surface area contributed by atoms with Gasteiger partial charge in [0.1, 0.15) is 6.04 Å². The van der Waals surface area contributed by atoms with Crippen LogP contribution in [0.3, 0.4) is 0 Å². The molecule has 212 valence electrons. The molecule has 9 heteroatoms. The maximum atomic E-state index is 13.6. The van der Waals surface area contributed by atoms with Crippen LogP contribution in [-0.4, -0.2) is 66.9 Å². The van der Waals surface area contributed by atoms with Crippen LogP contribution < -0.4 is 16.0 Å². The molecule has 0 aliphatic heterocycles. The van der Waals surface area contributed by atoms with Gasteiger partial charge in [0.15, 0.2) is 0 Å². The second kappa shape index (κ2) is 15.0. The highest BCUT2D eigenvalue weighted by Gasteiger charge is 2.29. The van der Waals surface area contributed by atoms with Crippen molar-refractivity contribution in [2.75, 3.05) is 27.2 Å². The van der Waals surface area contributed by atoms with Crippen molar-refractivity contribution < 1.29 is 14.4 Å². The van der Waals surface area contributed by atoms with Gasteiger partial charge in [-0.25, -0.2) is 4.98 Å². The number of carbonyl (C=O) groups is 3. The van der Waals surface area contributed by atoms with Crippen molar-refractivity contribution >= 4 is 39.3 Å². The number of fused-ring (bicyclic) bond motifs is 1. The van der Waals surface area contributed by atoms with Gasteiger partial charge in [0.05, 0.1) is 21.8 Å². The van der Waals surface area contributed by atoms with Gasteiger partial charge >= 0.3 is 0 Å². The molecule has 3 amide bonds. The molecule has 1 aliphatic carbocycles. The molecule has 1 aliphatic rings. The van der Waals surface area contributed by atoms with E-state index in [1.807, 2.05) is 25.1 Å². The molecule has 8 nitrogen and oxygen atoms in total. The Hall–Kier alpha value is -2.96. The second-order valence-electron chi connectivity index (χ2n) is 10.9. The maximum Gasteiger partial charge on any atom is 0.296 e. The van der Waals surface area contributed by atoms with Crippen molar-refractivity contribution in [1.82, 2.24) is 25.8 Å². The zero-order valence-electron chi connectivity index (χ0n) is 23.9. The van der Waals surface area contributed by atoms with Crippen LogP contribution in [0.15, 0.2) is 18.2 Å². The summed E-state index contributed by atoms with van der Waals surface area (Å²) < 4.78 is 1.08. The average molecular weight is 554 g/mol. The third-order valence-corrected chi connectivity index (χ3v) is 8.14. The van der Waals surface area contributed by atoms with Gasteiger partial charge in [-0.15, -0.1) is 11.3 Å². The highest BCUT2D eigenvalue weighted by molar-refractivity contribution is 7.18. The molecule has 3 rings (SSSR count). The van der Waals surface area contributed by atoms with Crippen LogP contribution >= 0.6 is 11.3 Å². The van der Waals surface area contributed by atoms with Gasteiger partial charge in [-0.1, -0.05) is 52.0 Å². The van der Waals surface area contributed by atoms with E-state index in [0.29, 0.717) is 25.4 Å². The second-order valence-corrected chi connectivity index (χ2v) is 12.0. The lowest BCUT2D eigenvalue weighted by molar-refractivity contribution is -0.129. The standard InChI is InChI=1S/C30H43N5O3S/c1-6-27(36)32-24(18-29-33-23-15-14-22(20(2)3)17-26(23)39-29)30(38)34-25(21-11-8-7-9-12-21)19-31-28(37)13-10-16-35(4)5/h14-15,17,20-21,24-25H,6-9,11-12,16,18-19H2,1-5H3,(H,31,37)(H,32,36)(H,34,38)/t24-,25+/m0/s1. The summed E-state index contributed by atoms with van der Waals surface area (Å²) in [6.45, 7) is 6.89. The third-order valence-electron chi connectivity index (χ3n) is 7.10. The highest BCUT2D eigenvalue weighted by Crippen LogP contribution is 2.28. The number of hydrogen-bond donors (Lipinski definition) is 3. The molecule has 3 N–H and O–H groups in total. The first-order valence-corrected chi connectivity index (χ1v) is 14.9. The zero-order valence-corrected chi connectivity index (χ0v) is 24.7. The summed E-state index contributed by atoms with van der Waals surface area (Å²) in [5, 5.41) is 9.77. The Morgan fingerprint density at radius 1 is 1.13 bits per heavy atom. The summed E-state index contributed by atoms with van der Waals surface area (Å²) in [5.74, 6) is 5.36. The van der Waals surface area contributed by atoms with Gasteiger partial charge in [-0.05, 0) is 62.4 Å². The summed E-state index contributed by atoms with van der Waals surface area (Å²) in [4.78, 5) is 45.0. The predicted octanol–water partition coefficient (Wildman–Crippen LogP) is 3.60. The smallest absolute Gasteiger partial charge is 0.296 e. The van der Waals surface area contributed by atoms with E-state index in [0.717, 1.165) is 40.9 Å². The minimum atomic E-state index is -0.746. The fraction of sp³-hybridized carbons (Fsp3) is 0.600. The van der Waals surface area contributed by atoms with Gasteiger partial charge in [0.25, 0.3) is 5.91 Å². The van der Waals surface area contributed by atoms with E-state index in [1.54, 1.807) is 18.3 Å². The number of amides is 3. The number of rotatable bonds is 11. The monoisotopic (exact) mass is 553 g/mol. The molecule has 0 spiro atoms. The fourth-order valence-electron chi connectivity index (χ4n) is 4.80. The minimum Gasteiger partial charge on any atom is -0.350 e. The lowest BCUT2D eigenvalue weighted by Crippen LogP contribution is -2.55. The molecule has 1 saturated carbocycles. The summed E-state index contributed by atoms with van der Waals surface area (Å²) in [6, 6.07) is 5.29. The van der Waals surface area contributed by atoms with Gasteiger partial charge < -0.3 is 16.0 Å². The van der Waals surface area contributed by atoms with Gasteiger partial charge in [-0.3, -0.25) is 19.3 Å². The molecule has 0 saturated heterocycles. The average Bonchev–Trinajstić information content (AvgIpc) is 3.32. The van der Waals surface area contributed by atoms with Crippen molar-refractivity contribution in [3.05, 3.63) is 28.8 Å². The summed E-state index contributed by atoms with van der Waals surface area (Å²) in [7, 11) is 3.79. The largest absolute Gasteiger partial charge is 0.350 e. The van der Waals surface area contributed by atoms with Crippen molar-refractivity contribution in [1.29, 1.82) is 0 Å². The van der Waals surface area contributed by atoms with Crippen LogP contribution in [0.2, 0.25) is 0 Å². The topological polar surface area (TPSA) is 103 Å². The van der Waals surface area contributed by atoms with Gasteiger partial charge in [0.2, 0.25) is 11.8 Å². The van der Waals surface area contributed by atoms with Crippen molar-refractivity contribution in [2.45, 2.75) is 83.7 Å². The quantitative estimate of drug-likeness (QED) is 0.369. The Balaban J connectivity index is 1.75. The van der Waals surface area contributed by atoms with Crippen LogP contribution in [0.1, 0.15) is 75.8 Å². The van der Waals surface area contributed by atoms with Crippen LogP contribution in [-0.2, 0) is 20.8 Å². The minimum absolute atomic E-state index is 0.183. The van der Waals surface area contributed by atoms with E-state index in [2.05, 4.69) is 53.8 Å². The summed E-state index contributed by atoms with van der Waals surface area (Å²) in [5.41, 5.74) is 2.15. The fourth-order valence-corrected chi connectivity index (χ4v) is 5.86. The maximum absolute atomic E-state index is 13.6. The Bertz CT molecular complexity index is 1190. The summed E-state index contributed by atoms with van der Waals surface area (Å²) in [6.07, 6.45) is 5.99. The first-order chi connectivity index (χ1) is 18.7. The molecule has 2 aromatic rings. The summed E-state index contributed by atoms with van der Waals surface area (Å²) >= 11 is 1.56. The normalized spacial score (nSPS) is 15.5. The number of aromatic nitrogens is 1. The third kappa shape index (κ3) is 9.63. The molecule has 1 aromatic carbocycles. The van der Waals surface area contributed by atoms with Crippen LogP contribution in [0.5, 0.6) is 0 Å². The molecule has 39 heavy (non-hydrogen) atoms. The zero-order chi connectivity index (χ0) is 28.4. The van der Waals surface area contributed by atoms with Crippen molar-refractivity contribution in [2.24, 2.45) is 5.92 Å². The lowest BCUT2D eigenvalue weighted by atomic mass is 9.83. The van der Waals surface area contributed by atoms with E-state index in [1.165, 1.54) is 12.0 Å². The number of benzene rings is 1. The van der Waals surface area contributed by atoms with E-state index in [4.69, 9.17) is 4.98 Å².